The number of hydrogen-bond acceptors (Lipinski definition) is 4. The SMILES string of the molecule is CSc1nc2ccc(Br)cc2cc1C(c1ccccc1)C(O)(CCCCN(C)C)c1ccccc1. The first kappa shape index (κ1) is 25.9. The van der Waals surface area contributed by atoms with E-state index in [0.717, 1.165) is 56.5 Å². The van der Waals surface area contributed by atoms with E-state index in [9.17, 15) is 5.11 Å². The lowest BCUT2D eigenvalue weighted by Gasteiger charge is -2.38. The van der Waals surface area contributed by atoms with Crippen molar-refractivity contribution in [1.29, 1.82) is 0 Å². The summed E-state index contributed by atoms with van der Waals surface area (Å²) in [5.41, 5.74) is 2.98. The number of thioether (sulfide) groups is 1. The minimum Gasteiger partial charge on any atom is -0.384 e. The Morgan fingerprint density at radius 3 is 2.29 bits per heavy atom. The summed E-state index contributed by atoms with van der Waals surface area (Å²) in [6, 6.07) is 29.0. The number of nitrogens with zero attached hydrogens (tertiary/aromatic N) is 2. The minimum atomic E-state index is -1.08. The molecule has 0 aliphatic carbocycles. The van der Waals surface area contributed by atoms with Crippen LogP contribution in [0.1, 0.15) is 41.9 Å². The first-order valence-electron chi connectivity index (χ1n) is 12.0. The average Bonchev–Trinajstić information content (AvgIpc) is 2.87. The van der Waals surface area contributed by atoms with Crippen molar-refractivity contribution < 1.29 is 5.11 Å². The molecule has 4 aromatic rings. The second-order valence-corrected chi connectivity index (χ2v) is 11.0. The Morgan fingerprint density at radius 2 is 1.63 bits per heavy atom. The van der Waals surface area contributed by atoms with Crippen molar-refractivity contribution in [2.45, 2.75) is 35.8 Å². The molecule has 1 aromatic heterocycles. The number of aromatic nitrogens is 1. The lowest BCUT2D eigenvalue weighted by Crippen LogP contribution is -2.35. The van der Waals surface area contributed by atoms with Crippen LogP contribution in [0.15, 0.2) is 94.4 Å². The zero-order valence-corrected chi connectivity index (χ0v) is 23.0. The highest BCUT2D eigenvalue weighted by Gasteiger charge is 2.41. The van der Waals surface area contributed by atoms with E-state index in [0.29, 0.717) is 6.42 Å². The largest absolute Gasteiger partial charge is 0.384 e. The van der Waals surface area contributed by atoms with Gasteiger partial charge in [0.1, 0.15) is 10.6 Å². The van der Waals surface area contributed by atoms with Crippen LogP contribution < -0.4 is 0 Å². The van der Waals surface area contributed by atoms with E-state index in [1.54, 1.807) is 11.8 Å². The van der Waals surface area contributed by atoms with E-state index in [1.807, 2.05) is 36.4 Å². The van der Waals surface area contributed by atoms with Gasteiger partial charge in [-0.2, -0.15) is 0 Å². The Labute approximate surface area is 221 Å². The molecule has 5 heteroatoms. The van der Waals surface area contributed by atoms with E-state index in [2.05, 4.69) is 89.7 Å². The molecule has 3 nitrogen and oxygen atoms in total. The van der Waals surface area contributed by atoms with Crippen LogP contribution in [0.25, 0.3) is 10.9 Å². The number of hydrogen-bond donors (Lipinski definition) is 1. The molecule has 0 amide bonds. The van der Waals surface area contributed by atoms with Crippen molar-refractivity contribution in [3.05, 3.63) is 106 Å². The van der Waals surface area contributed by atoms with Crippen LogP contribution in [0.5, 0.6) is 0 Å². The third-order valence-electron chi connectivity index (χ3n) is 6.57. The molecule has 0 fully saturated rings. The van der Waals surface area contributed by atoms with Crippen LogP contribution >= 0.6 is 27.7 Å². The fraction of sp³-hybridized carbons (Fsp3) is 0.300. The minimum absolute atomic E-state index is 0.260. The molecule has 0 aliphatic heterocycles. The Balaban J connectivity index is 1.92. The molecule has 4 rings (SSSR count). The van der Waals surface area contributed by atoms with Crippen LogP contribution in [0.3, 0.4) is 0 Å². The summed E-state index contributed by atoms with van der Waals surface area (Å²) >= 11 is 5.26. The Kier molecular flexibility index (Phi) is 8.66. The van der Waals surface area contributed by atoms with Crippen LogP contribution in [0.2, 0.25) is 0 Å². The van der Waals surface area contributed by atoms with Gasteiger partial charge >= 0.3 is 0 Å². The number of unbranched alkanes of at least 4 members (excludes halogenated alkanes) is 1. The van der Waals surface area contributed by atoms with E-state index in [-0.39, 0.29) is 5.92 Å². The lowest BCUT2D eigenvalue weighted by atomic mass is 9.71. The summed E-state index contributed by atoms with van der Waals surface area (Å²) in [6.07, 6.45) is 4.68. The molecule has 0 radical (unpaired) electrons. The monoisotopic (exact) mass is 548 g/mol. The Morgan fingerprint density at radius 1 is 0.943 bits per heavy atom. The van der Waals surface area contributed by atoms with E-state index in [1.165, 1.54) is 0 Å². The highest BCUT2D eigenvalue weighted by Crippen LogP contribution is 2.47. The normalized spacial score (nSPS) is 14.2. The molecule has 2 unspecified atom stereocenters. The van der Waals surface area contributed by atoms with Gasteiger partial charge in [-0.3, -0.25) is 0 Å². The number of benzene rings is 3. The predicted molar refractivity (Wildman–Crippen MR) is 152 cm³/mol. The summed E-state index contributed by atoms with van der Waals surface area (Å²) in [6.45, 7) is 1.00. The summed E-state index contributed by atoms with van der Waals surface area (Å²) in [7, 11) is 4.19. The average molecular weight is 550 g/mol. The maximum Gasteiger partial charge on any atom is 0.101 e. The van der Waals surface area contributed by atoms with E-state index >= 15 is 0 Å². The van der Waals surface area contributed by atoms with E-state index < -0.39 is 5.60 Å². The number of halogens is 1. The maximum absolute atomic E-state index is 12.7. The molecule has 3 aromatic carbocycles. The van der Waals surface area contributed by atoms with Gasteiger partial charge in [0.2, 0.25) is 0 Å². The molecule has 0 aliphatic rings. The van der Waals surface area contributed by atoms with Gasteiger partial charge < -0.3 is 10.0 Å². The van der Waals surface area contributed by atoms with E-state index in [4.69, 9.17) is 4.98 Å². The molecule has 0 spiro atoms. The first-order valence-corrected chi connectivity index (χ1v) is 14.1. The van der Waals surface area contributed by atoms with Gasteiger partial charge in [-0.15, -0.1) is 11.8 Å². The molecular weight excluding hydrogens is 516 g/mol. The standard InChI is InChI=1S/C30H33BrN2OS/c1-33(2)19-11-10-18-30(34,24-14-8-5-9-15-24)28(22-12-6-4-7-13-22)26-21-23-20-25(31)16-17-27(23)32-29(26)35-3/h4-9,12-17,20-21,28,34H,10-11,18-19H2,1-3H3. The van der Waals surface area contributed by atoms with Gasteiger partial charge in [-0.05, 0) is 87.1 Å². The number of pyridine rings is 1. The number of fused-ring (bicyclic) bond motifs is 1. The summed E-state index contributed by atoms with van der Waals surface area (Å²) in [4.78, 5) is 7.23. The molecule has 35 heavy (non-hydrogen) atoms. The molecule has 0 saturated heterocycles. The zero-order valence-electron chi connectivity index (χ0n) is 20.6. The van der Waals surface area contributed by atoms with Gasteiger partial charge in [0, 0.05) is 15.8 Å². The fourth-order valence-electron chi connectivity index (χ4n) is 4.88. The van der Waals surface area contributed by atoms with Gasteiger partial charge in [0.25, 0.3) is 0 Å². The number of rotatable bonds is 10. The smallest absolute Gasteiger partial charge is 0.101 e. The highest BCUT2D eigenvalue weighted by atomic mass is 79.9. The van der Waals surface area contributed by atoms with Crippen molar-refractivity contribution in [2.24, 2.45) is 0 Å². The van der Waals surface area contributed by atoms with Gasteiger partial charge in [0.15, 0.2) is 0 Å². The molecule has 0 bridgehead atoms. The Bertz CT molecular complexity index is 1250. The fourth-order valence-corrected chi connectivity index (χ4v) is 5.86. The van der Waals surface area contributed by atoms with Crippen LogP contribution in [0.4, 0.5) is 0 Å². The van der Waals surface area contributed by atoms with Crippen molar-refractivity contribution in [2.75, 3.05) is 26.9 Å². The van der Waals surface area contributed by atoms with Crippen LogP contribution in [-0.2, 0) is 5.60 Å². The quantitative estimate of drug-likeness (QED) is 0.164. The second kappa shape index (κ2) is 11.7. The predicted octanol–water partition coefficient (Wildman–Crippen LogP) is 7.47. The van der Waals surface area contributed by atoms with Gasteiger partial charge in [0.05, 0.1) is 5.52 Å². The van der Waals surface area contributed by atoms with Crippen molar-refractivity contribution >= 4 is 38.6 Å². The molecule has 1 N–H and O–H groups in total. The Hall–Kier alpha value is -2.18. The lowest BCUT2D eigenvalue weighted by molar-refractivity contribution is 0.00670. The summed E-state index contributed by atoms with van der Waals surface area (Å²) in [5, 5.41) is 14.7. The van der Waals surface area contributed by atoms with Crippen LogP contribution in [-0.4, -0.2) is 41.9 Å². The van der Waals surface area contributed by atoms with Crippen LogP contribution in [0, 0.1) is 0 Å². The first-order chi connectivity index (χ1) is 16.9. The zero-order chi connectivity index (χ0) is 24.8. The van der Waals surface area contributed by atoms with Gasteiger partial charge in [-0.25, -0.2) is 4.98 Å². The van der Waals surface area contributed by atoms with Gasteiger partial charge in [-0.1, -0.05) is 76.6 Å². The molecule has 0 saturated carbocycles. The number of aliphatic hydroxyl groups is 1. The molecule has 182 valence electrons. The summed E-state index contributed by atoms with van der Waals surface area (Å²) < 4.78 is 1.02. The molecule has 1 heterocycles. The van der Waals surface area contributed by atoms with Crippen molar-refractivity contribution in [3.63, 3.8) is 0 Å². The van der Waals surface area contributed by atoms with Crippen molar-refractivity contribution in [1.82, 2.24) is 9.88 Å². The third-order valence-corrected chi connectivity index (χ3v) is 7.78. The molecule has 2 atom stereocenters. The topological polar surface area (TPSA) is 36.4 Å². The summed E-state index contributed by atoms with van der Waals surface area (Å²) in [5.74, 6) is -0.260. The third kappa shape index (κ3) is 5.97. The van der Waals surface area contributed by atoms with Crippen molar-refractivity contribution in [3.8, 4) is 0 Å². The molecular formula is C30H33BrN2OS. The highest BCUT2D eigenvalue weighted by molar-refractivity contribution is 9.10. The second-order valence-electron chi connectivity index (χ2n) is 9.32. The maximum atomic E-state index is 12.7.